The molecule has 0 aliphatic heterocycles. The Kier molecular flexibility index (Phi) is 7.67. The number of methoxy groups -OCH3 is 2. The Morgan fingerprint density at radius 2 is 1.54 bits per heavy atom. The molecule has 0 unspecified atom stereocenters. The Morgan fingerprint density at radius 1 is 1.04 bits per heavy atom. The third kappa shape index (κ3) is 3.91. The van der Waals surface area contributed by atoms with Crippen LogP contribution in [0, 0.1) is 11.3 Å². The van der Waals surface area contributed by atoms with Crippen molar-refractivity contribution in [3.63, 3.8) is 0 Å². The Bertz CT molecular complexity index is 446. The highest BCUT2D eigenvalue weighted by atomic mass is 28.4. The van der Waals surface area contributed by atoms with E-state index in [1.165, 1.54) is 14.2 Å². The summed E-state index contributed by atoms with van der Waals surface area (Å²) < 4.78 is 16.5. The molecule has 0 N–H and O–H groups in total. The summed E-state index contributed by atoms with van der Waals surface area (Å²) in [5.74, 6) is -1.02. The number of hydrogen-bond acceptors (Lipinski definition) is 5. The molecule has 5 nitrogen and oxygen atoms in total. The predicted octanol–water partition coefficient (Wildman–Crippen LogP) is 3.70. The van der Waals surface area contributed by atoms with Gasteiger partial charge in [0.05, 0.1) is 20.3 Å². The fourth-order valence-corrected chi connectivity index (χ4v) is 6.71. The zero-order valence-corrected chi connectivity index (χ0v) is 16.9. The smallest absolute Gasteiger partial charge is 0.323 e. The van der Waals surface area contributed by atoms with Crippen LogP contribution in [0.15, 0.2) is 12.2 Å². The van der Waals surface area contributed by atoms with Crippen LogP contribution in [0.3, 0.4) is 0 Å². The van der Waals surface area contributed by atoms with Crippen molar-refractivity contribution in [1.29, 1.82) is 0 Å². The first-order chi connectivity index (χ1) is 11.4. The molecule has 0 bridgehead atoms. The average molecular weight is 357 g/mol. The lowest BCUT2D eigenvalue weighted by atomic mass is 9.85. The van der Waals surface area contributed by atoms with Crippen molar-refractivity contribution in [3.05, 3.63) is 12.2 Å². The van der Waals surface area contributed by atoms with Crippen molar-refractivity contribution in [2.24, 2.45) is 11.3 Å². The minimum absolute atomic E-state index is 0.0183. The molecule has 1 aliphatic rings. The third-order valence-corrected chi connectivity index (χ3v) is 10.2. The van der Waals surface area contributed by atoms with E-state index in [0.717, 1.165) is 18.1 Å². The van der Waals surface area contributed by atoms with Gasteiger partial charge in [-0.2, -0.15) is 0 Å². The second kappa shape index (κ2) is 8.81. The lowest BCUT2D eigenvalue weighted by molar-refractivity contribution is -0.169. The summed E-state index contributed by atoms with van der Waals surface area (Å²) in [6.07, 6.45) is 4.56. The molecule has 1 aliphatic carbocycles. The van der Waals surface area contributed by atoms with E-state index in [1.807, 2.05) is 19.1 Å². The lowest BCUT2D eigenvalue weighted by Crippen LogP contribution is -2.43. The number of carbonyl (C=O) groups is 2. The summed E-state index contributed by atoms with van der Waals surface area (Å²) in [7, 11) is 0.785. The van der Waals surface area contributed by atoms with Gasteiger partial charge in [0, 0.05) is 5.92 Å². The van der Waals surface area contributed by atoms with Crippen LogP contribution in [0.25, 0.3) is 0 Å². The van der Waals surface area contributed by atoms with E-state index < -0.39 is 25.7 Å². The zero-order chi connectivity index (χ0) is 18.4. The van der Waals surface area contributed by atoms with Crippen molar-refractivity contribution < 1.29 is 23.5 Å². The molecule has 24 heavy (non-hydrogen) atoms. The van der Waals surface area contributed by atoms with Gasteiger partial charge in [0.2, 0.25) is 0 Å². The first-order valence-corrected chi connectivity index (χ1v) is 11.4. The second-order valence-electron chi connectivity index (χ2n) is 6.56. The standard InChI is InChI=1S/C18H32O5Si/c1-7-11-14-12-18(16(19)21-5,17(20)22-6)13-15(14)23-24(8-2,9-3)10-4/h7,11,14-15H,8-10,12-13H2,1-6H3/b11-7+/t14-,15+/m1/s1. The number of hydrogen-bond donors (Lipinski definition) is 0. The number of allylic oxidation sites excluding steroid dienone is 1. The van der Waals surface area contributed by atoms with Gasteiger partial charge in [-0.05, 0) is 37.9 Å². The molecule has 2 atom stereocenters. The van der Waals surface area contributed by atoms with Gasteiger partial charge in [-0.25, -0.2) is 0 Å². The van der Waals surface area contributed by atoms with E-state index >= 15 is 0 Å². The summed E-state index contributed by atoms with van der Waals surface area (Å²) in [5, 5.41) is 0. The van der Waals surface area contributed by atoms with E-state index in [-0.39, 0.29) is 12.0 Å². The maximum Gasteiger partial charge on any atom is 0.323 e. The van der Waals surface area contributed by atoms with Crippen molar-refractivity contribution in [1.82, 2.24) is 0 Å². The Morgan fingerprint density at radius 3 is 1.92 bits per heavy atom. The van der Waals surface area contributed by atoms with Crippen molar-refractivity contribution in [2.75, 3.05) is 14.2 Å². The van der Waals surface area contributed by atoms with Crippen LogP contribution in [0.1, 0.15) is 40.5 Å². The topological polar surface area (TPSA) is 61.8 Å². The van der Waals surface area contributed by atoms with Gasteiger partial charge in [-0.1, -0.05) is 32.9 Å². The van der Waals surface area contributed by atoms with Gasteiger partial charge in [-0.15, -0.1) is 0 Å². The molecule has 1 saturated carbocycles. The molecule has 0 aromatic carbocycles. The molecule has 1 rings (SSSR count). The molecule has 0 amide bonds. The van der Waals surface area contributed by atoms with Crippen LogP contribution in [0.5, 0.6) is 0 Å². The Hall–Kier alpha value is -1.14. The Balaban J connectivity index is 3.20. The van der Waals surface area contributed by atoms with Crippen LogP contribution >= 0.6 is 0 Å². The minimum atomic E-state index is -1.84. The molecule has 0 aromatic rings. The van der Waals surface area contributed by atoms with E-state index in [1.54, 1.807) is 0 Å². The Labute approximate surface area is 146 Å². The van der Waals surface area contributed by atoms with Crippen LogP contribution in [0.4, 0.5) is 0 Å². The summed E-state index contributed by atoms with van der Waals surface area (Å²) in [5.41, 5.74) is -1.26. The maximum atomic E-state index is 12.4. The lowest BCUT2D eigenvalue weighted by Gasteiger charge is -2.33. The first-order valence-electron chi connectivity index (χ1n) is 8.86. The van der Waals surface area contributed by atoms with Gasteiger partial charge >= 0.3 is 11.9 Å². The fourth-order valence-electron chi connectivity index (χ4n) is 3.81. The van der Waals surface area contributed by atoms with Crippen LogP contribution in [0.2, 0.25) is 18.1 Å². The molecular formula is C18H32O5Si. The monoisotopic (exact) mass is 356 g/mol. The van der Waals surface area contributed by atoms with Gasteiger partial charge in [0.25, 0.3) is 0 Å². The molecule has 0 aromatic heterocycles. The summed E-state index contributed by atoms with van der Waals surface area (Å²) in [6.45, 7) is 8.46. The fraction of sp³-hybridized carbons (Fsp3) is 0.778. The van der Waals surface area contributed by atoms with Gasteiger partial charge < -0.3 is 13.9 Å². The van der Waals surface area contributed by atoms with Gasteiger partial charge in [-0.3, -0.25) is 9.59 Å². The molecule has 138 valence electrons. The quantitative estimate of drug-likeness (QED) is 0.287. The number of ether oxygens (including phenoxy) is 2. The van der Waals surface area contributed by atoms with E-state index in [9.17, 15) is 9.59 Å². The van der Waals surface area contributed by atoms with E-state index in [4.69, 9.17) is 13.9 Å². The molecule has 6 heteroatoms. The summed E-state index contributed by atoms with van der Waals surface area (Å²) >= 11 is 0. The molecule has 0 heterocycles. The van der Waals surface area contributed by atoms with Crippen LogP contribution in [-0.2, 0) is 23.5 Å². The molecule has 1 fully saturated rings. The van der Waals surface area contributed by atoms with E-state index in [2.05, 4.69) is 20.8 Å². The SMILES string of the molecule is C/C=C/[C@@H]1CC(C(=O)OC)(C(=O)OC)C[C@@H]1O[Si](CC)(CC)CC. The van der Waals surface area contributed by atoms with Crippen LogP contribution in [-0.4, -0.2) is 40.6 Å². The highest BCUT2D eigenvalue weighted by Gasteiger charge is 2.58. The van der Waals surface area contributed by atoms with E-state index in [0.29, 0.717) is 12.8 Å². The molecular weight excluding hydrogens is 324 g/mol. The van der Waals surface area contributed by atoms with Crippen molar-refractivity contribution >= 4 is 20.3 Å². The average Bonchev–Trinajstić information content (AvgIpc) is 2.98. The first kappa shape index (κ1) is 20.9. The molecule has 0 radical (unpaired) electrons. The summed E-state index contributed by atoms with van der Waals surface area (Å²) in [6, 6.07) is 3.09. The number of carbonyl (C=O) groups excluding carboxylic acids is 2. The number of rotatable bonds is 8. The van der Waals surface area contributed by atoms with Crippen molar-refractivity contribution in [3.8, 4) is 0 Å². The van der Waals surface area contributed by atoms with Crippen molar-refractivity contribution in [2.45, 2.75) is 64.8 Å². The second-order valence-corrected chi connectivity index (χ2v) is 11.3. The number of esters is 2. The largest absolute Gasteiger partial charge is 0.468 e. The normalized spacial score (nSPS) is 23.4. The zero-order valence-electron chi connectivity index (χ0n) is 15.9. The molecule has 0 saturated heterocycles. The highest BCUT2D eigenvalue weighted by molar-refractivity contribution is 6.73. The minimum Gasteiger partial charge on any atom is -0.468 e. The molecule has 0 spiro atoms. The predicted molar refractivity (Wildman–Crippen MR) is 96.1 cm³/mol. The maximum absolute atomic E-state index is 12.4. The van der Waals surface area contributed by atoms with Gasteiger partial charge in [0.15, 0.2) is 13.7 Å². The van der Waals surface area contributed by atoms with Crippen LogP contribution < -0.4 is 0 Å². The summed E-state index contributed by atoms with van der Waals surface area (Å²) in [4.78, 5) is 24.8. The van der Waals surface area contributed by atoms with Gasteiger partial charge in [0.1, 0.15) is 0 Å². The highest BCUT2D eigenvalue weighted by Crippen LogP contribution is 2.47. The third-order valence-electron chi connectivity index (χ3n) is 5.54.